The van der Waals surface area contributed by atoms with Crippen molar-refractivity contribution in [2.75, 3.05) is 20.1 Å². The van der Waals surface area contributed by atoms with Gasteiger partial charge < -0.3 is 21.3 Å². The van der Waals surface area contributed by atoms with Gasteiger partial charge in [0, 0.05) is 30.6 Å². The molecule has 5 fully saturated rings. The molecule has 1 amide bonds. The molecule has 9 heteroatoms. The van der Waals surface area contributed by atoms with Crippen LogP contribution in [0.1, 0.15) is 138 Å². The van der Waals surface area contributed by atoms with Gasteiger partial charge in [0.2, 0.25) is 5.91 Å². The summed E-state index contributed by atoms with van der Waals surface area (Å²) in [5.41, 5.74) is 6.65. The van der Waals surface area contributed by atoms with Gasteiger partial charge in [-0.3, -0.25) is 24.5 Å². The van der Waals surface area contributed by atoms with E-state index in [9.17, 15) is 29.4 Å². The zero-order chi connectivity index (χ0) is 38.9. The second-order valence-electron chi connectivity index (χ2n) is 20.3. The number of hydrogen-bond acceptors (Lipinski definition) is 7. The number of amides is 1. The number of nitrogens with one attached hydrogen (secondary N) is 2. The molecule has 0 aromatic rings. The Morgan fingerprint density at radius 3 is 2.28 bits per heavy atom. The first kappa shape index (κ1) is 40.6. The van der Waals surface area contributed by atoms with Crippen LogP contribution in [0.2, 0.25) is 0 Å². The first-order valence-electron chi connectivity index (χ1n) is 21.2. The summed E-state index contributed by atoms with van der Waals surface area (Å²) in [6.07, 6.45) is 11.4. The lowest BCUT2D eigenvalue weighted by atomic mass is 9.35. The van der Waals surface area contributed by atoms with Gasteiger partial charge in [-0.2, -0.15) is 0 Å². The van der Waals surface area contributed by atoms with Crippen LogP contribution in [0, 0.1) is 74.9 Å². The smallest absolute Gasteiger partial charge is 0.306 e. The van der Waals surface area contributed by atoms with Crippen molar-refractivity contribution in [3.05, 3.63) is 11.1 Å². The summed E-state index contributed by atoms with van der Waals surface area (Å²) in [4.78, 5) is 52.8. The maximum Gasteiger partial charge on any atom is 0.306 e. The number of ketones is 2. The van der Waals surface area contributed by atoms with Gasteiger partial charge in [-0.25, -0.2) is 0 Å². The number of carboxylic acid groups (broad SMARTS) is 1. The van der Waals surface area contributed by atoms with E-state index in [1.807, 2.05) is 6.92 Å². The van der Waals surface area contributed by atoms with Gasteiger partial charge >= 0.3 is 5.97 Å². The molecule has 0 aromatic heterocycles. The van der Waals surface area contributed by atoms with Crippen LogP contribution in [-0.4, -0.2) is 59.5 Å². The third kappa shape index (κ3) is 6.68. The molecule has 0 spiro atoms. The predicted octanol–water partition coefficient (Wildman–Crippen LogP) is 6.66. The summed E-state index contributed by atoms with van der Waals surface area (Å²) in [5, 5.41) is 26.5. The fourth-order valence-electron chi connectivity index (χ4n) is 14.3. The van der Waals surface area contributed by atoms with Crippen LogP contribution >= 0.6 is 0 Å². The first-order valence-corrected chi connectivity index (χ1v) is 21.2. The SMILES string of the molecule is CNC(O)(CCCN)CNC(=O)CC12CCC3C(CCC4C3(C)CCC3C(C)(C)C(CC(=O)C5CC(C(=O)O)C5C)CCC34C)C1=C(C(C)C)C(=O)C2. The van der Waals surface area contributed by atoms with Crippen molar-refractivity contribution in [3.8, 4) is 0 Å². The molecule has 0 radical (unpaired) electrons. The molecule has 6 rings (SSSR count). The molecule has 0 aliphatic heterocycles. The van der Waals surface area contributed by atoms with Crippen LogP contribution in [-0.2, 0) is 19.2 Å². The van der Waals surface area contributed by atoms with Crippen molar-refractivity contribution in [1.29, 1.82) is 0 Å². The van der Waals surface area contributed by atoms with Crippen LogP contribution in [0.3, 0.4) is 0 Å². The second kappa shape index (κ2) is 14.4. The summed E-state index contributed by atoms with van der Waals surface area (Å²) >= 11 is 0. The third-order valence-corrected chi connectivity index (χ3v) is 17.3. The number of Topliss-reactive ketones (excluding diaryl/α,β-unsaturated/α-hetero) is 2. The molecule has 0 saturated heterocycles. The summed E-state index contributed by atoms with van der Waals surface area (Å²) < 4.78 is 0. The fourth-order valence-corrected chi connectivity index (χ4v) is 14.3. The zero-order valence-electron chi connectivity index (χ0n) is 34.1. The van der Waals surface area contributed by atoms with Gasteiger partial charge in [0.25, 0.3) is 0 Å². The minimum Gasteiger partial charge on any atom is -0.481 e. The summed E-state index contributed by atoms with van der Waals surface area (Å²) in [5.74, 6) is 1.37. The largest absolute Gasteiger partial charge is 0.481 e. The maximum atomic E-state index is 13.9. The monoisotopic (exact) mass is 738 g/mol. The van der Waals surface area contributed by atoms with E-state index < -0.39 is 17.1 Å². The Bertz CT molecular complexity index is 1500. The molecule has 5 saturated carbocycles. The molecular weight excluding hydrogens is 666 g/mol. The number of hydrogen-bond donors (Lipinski definition) is 5. The van der Waals surface area contributed by atoms with Crippen LogP contribution in [0.15, 0.2) is 11.1 Å². The standard InChI is InChI=1S/C44H71N3O6/c1-25(2)37-33(49)22-43(23-36(50)47-24-44(53,46-8)15-9-19-45)18-13-31-28(38(37)43)10-11-35-41(31,6)17-14-34-40(4,5)27(12-16-42(34,35)7)20-32(48)29-21-30(26(29)3)39(51)52/h25-31,34-35,46,53H,9-24,45H2,1-8H3,(H,47,50)(H,51,52). The number of fused-ring (bicyclic) bond motifs is 7. The number of carbonyl (C=O) groups excluding carboxylic acids is 3. The minimum atomic E-state index is -1.22. The van der Waals surface area contributed by atoms with Gasteiger partial charge in [-0.05, 0) is 147 Å². The summed E-state index contributed by atoms with van der Waals surface area (Å²) in [6, 6.07) is 0. The predicted molar refractivity (Wildman–Crippen MR) is 206 cm³/mol. The molecule has 6 aliphatic carbocycles. The fraction of sp³-hybridized carbons (Fsp3) is 0.864. The normalized spacial score (nSPS) is 41.4. The highest BCUT2D eigenvalue weighted by molar-refractivity contribution is 6.01. The second-order valence-corrected chi connectivity index (χ2v) is 20.3. The molecule has 0 aromatic carbocycles. The first-order chi connectivity index (χ1) is 24.8. The molecule has 6 N–H and O–H groups in total. The molecule has 9 nitrogen and oxygen atoms in total. The van der Waals surface area contributed by atoms with Crippen molar-refractivity contribution in [2.45, 2.75) is 144 Å². The number of carboxylic acids is 1. The highest BCUT2D eigenvalue weighted by Gasteiger charge is 2.66. The Morgan fingerprint density at radius 2 is 1.66 bits per heavy atom. The lowest BCUT2D eigenvalue weighted by Crippen LogP contribution is -2.62. The van der Waals surface area contributed by atoms with Crippen molar-refractivity contribution in [3.63, 3.8) is 0 Å². The maximum absolute atomic E-state index is 13.9. The Morgan fingerprint density at radius 1 is 0.962 bits per heavy atom. The van der Waals surface area contributed by atoms with E-state index in [1.165, 1.54) is 5.57 Å². The summed E-state index contributed by atoms with van der Waals surface area (Å²) in [7, 11) is 1.70. The molecule has 6 aliphatic rings. The number of likely N-dealkylation sites (N-methyl/N-ethyl adjacent to an activating group) is 1. The van der Waals surface area contributed by atoms with Crippen LogP contribution < -0.4 is 16.4 Å². The number of allylic oxidation sites excluding steroid dienone is 2. The highest BCUT2D eigenvalue weighted by atomic mass is 16.4. The zero-order valence-corrected chi connectivity index (χ0v) is 34.1. The molecule has 12 atom stereocenters. The van der Waals surface area contributed by atoms with Crippen LogP contribution in [0.25, 0.3) is 0 Å². The molecule has 12 unspecified atom stereocenters. The van der Waals surface area contributed by atoms with E-state index in [-0.39, 0.29) is 70.4 Å². The average molecular weight is 738 g/mol. The average Bonchev–Trinajstić information content (AvgIpc) is 3.38. The summed E-state index contributed by atoms with van der Waals surface area (Å²) in [6.45, 7) is 16.8. The number of rotatable bonds is 13. The van der Waals surface area contributed by atoms with Crippen LogP contribution in [0.5, 0.6) is 0 Å². The molecule has 0 bridgehead atoms. The third-order valence-electron chi connectivity index (χ3n) is 17.3. The lowest BCUT2D eigenvalue weighted by molar-refractivity contribution is -0.193. The minimum absolute atomic E-state index is 0.0179. The van der Waals surface area contributed by atoms with Crippen molar-refractivity contribution >= 4 is 23.4 Å². The van der Waals surface area contributed by atoms with Crippen molar-refractivity contribution in [2.24, 2.45) is 80.7 Å². The van der Waals surface area contributed by atoms with E-state index in [4.69, 9.17) is 5.73 Å². The van der Waals surface area contributed by atoms with E-state index in [2.05, 4.69) is 52.2 Å². The number of carbonyl (C=O) groups is 4. The van der Waals surface area contributed by atoms with Crippen molar-refractivity contribution in [1.82, 2.24) is 10.6 Å². The van der Waals surface area contributed by atoms with Crippen molar-refractivity contribution < 1.29 is 29.4 Å². The van der Waals surface area contributed by atoms with E-state index in [0.29, 0.717) is 68.2 Å². The highest BCUT2D eigenvalue weighted by Crippen LogP contribution is 2.74. The lowest BCUT2D eigenvalue weighted by Gasteiger charge is -2.69. The Labute approximate surface area is 318 Å². The number of aliphatic hydroxyl groups is 1. The molecule has 53 heavy (non-hydrogen) atoms. The van der Waals surface area contributed by atoms with E-state index in [0.717, 1.165) is 56.9 Å². The van der Waals surface area contributed by atoms with E-state index in [1.54, 1.807) is 7.05 Å². The van der Waals surface area contributed by atoms with Gasteiger partial charge in [0.05, 0.1) is 12.5 Å². The Balaban J connectivity index is 1.20. The quantitative estimate of drug-likeness (QED) is 0.131. The van der Waals surface area contributed by atoms with Gasteiger partial charge in [0.15, 0.2) is 5.78 Å². The number of aliphatic carboxylic acids is 1. The molecular formula is C44H71N3O6. The number of nitrogens with two attached hydrogens (primary N) is 1. The Kier molecular flexibility index (Phi) is 11.1. The molecule has 298 valence electrons. The van der Waals surface area contributed by atoms with Crippen LogP contribution in [0.4, 0.5) is 0 Å². The Hall–Kier alpha value is -2.10. The van der Waals surface area contributed by atoms with Gasteiger partial charge in [-0.15, -0.1) is 0 Å². The van der Waals surface area contributed by atoms with Gasteiger partial charge in [-0.1, -0.05) is 54.0 Å². The molecule has 0 heterocycles. The van der Waals surface area contributed by atoms with Gasteiger partial charge in [0.1, 0.15) is 11.5 Å². The van der Waals surface area contributed by atoms with E-state index >= 15 is 0 Å². The topological polar surface area (TPSA) is 159 Å².